The molecule has 9 atom stereocenters. The van der Waals surface area contributed by atoms with Crippen LogP contribution in [-0.4, -0.2) is 27.6 Å². The molecule has 190 valence electrons. The first kappa shape index (κ1) is 24.5. The van der Waals surface area contributed by atoms with Gasteiger partial charge in [0.15, 0.2) is 0 Å². The molecule has 34 heavy (non-hydrogen) atoms. The van der Waals surface area contributed by atoms with Gasteiger partial charge in [0.1, 0.15) is 5.78 Å². The van der Waals surface area contributed by atoms with Crippen LogP contribution in [0.1, 0.15) is 106 Å². The zero-order valence-electron chi connectivity index (χ0n) is 22.5. The highest BCUT2D eigenvalue weighted by atomic mass is 16.4. The monoisotopic (exact) mass is 470 g/mol. The number of hydrogen-bond donors (Lipinski definition) is 2. The number of carboxylic acids is 1. The molecule has 0 amide bonds. The summed E-state index contributed by atoms with van der Waals surface area (Å²) in [6, 6.07) is 0. The van der Waals surface area contributed by atoms with E-state index in [1.165, 1.54) is 5.57 Å². The minimum Gasteiger partial charge on any atom is -0.481 e. The second kappa shape index (κ2) is 6.99. The Bertz CT molecular complexity index is 961. The van der Waals surface area contributed by atoms with Crippen molar-refractivity contribution < 1.29 is 19.8 Å². The van der Waals surface area contributed by atoms with Gasteiger partial charge >= 0.3 is 5.97 Å². The van der Waals surface area contributed by atoms with Crippen LogP contribution in [0.15, 0.2) is 11.6 Å². The predicted molar refractivity (Wildman–Crippen MR) is 133 cm³/mol. The van der Waals surface area contributed by atoms with E-state index < -0.39 is 17.0 Å². The molecule has 5 aliphatic carbocycles. The number of ketones is 1. The van der Waals surface area contributed by atoms with E-state index in [0.29, 0.717) is 36.9 Å². The van der Waals surface area contributed by atoms with Crippen LogP contribution in [-0.2, 0) is 9.59 Å². The third kappa shape index (κ3) is 2.65. The molecular formula is C30H46O4. The second-order valence-corrected chi connectivity index (χ2v) is 14.5. The van der Waals surface area contributed by atoms with Crippen molar-refractivity contribution in [1.29, 1.82) is 0 Å². The van der Waals surface area contributed by atoms with Crippen molar-refractivity contribution in [2.45, 2.75) is 112 Å². The molecule has 4 heteroatoms. The SMILES string of the molecule is C[C@@H]1CC[C@]2(C(=O)O)CC[C@]3(C)C(=CC[C@@H]4[C@@]5(C)CCC(=O)C(C)(C)[C@@H]5CC[C@]43C)[C@@H]2[C@]1(C)O. The first-order chi connectivity index (χ1) is 15.6. The maximum atomic E-state index is 12.9. The van der Waals surface area contributed by atoms with E-state index in [0.717, 1.165) is 38.5 Å². The van der Waals surface area contributed by atoms with E-state index in [1.807, 2.05) is 6.92 Å². The van der Waals surface area contributed by atoms with E-state index in [-0.39, 0.29) is 33.5 Å². The largest absolute Gasteiger partial charge is 0.481 e. The number of Topliss-reactive ketones (excluding diaryl/α,β-unsaturated/α-hetero) is 1. The summed E-state index contributed by atoms with van der Waals surface area (Å²) in [6.45, 7) is 15.7. The maximum Gasteiger partial charge on any atom is 0.310 e. The molecule has 0 radical (unpaired) electrons. The van der Waals surface area contributed by atoms with Crippen LogP contribution in [0.25, 0.3) is 0 Å². The topological polar surface area (TPSA) is 74.6 Å². The lowest BCUT2D eigenvalue weighted by molar-refractivity contribution is -0.206. The Balaban J connectivity index is 1.65. The molecule has 0 aromatic carbocycles. The van der Waals surface area contributed by atoms with Gasteiger partial charge in [0.25, 0.3) is 0 Å². The fraction of sp³-hybridized carbons (Fsp3) is 0.867. The molecule has 4 saturated carbocycles. The van der Waals surface area contributed by atoms with Crippen LogP contribution >= 0.6 is 0 Å². The number of carbonyl (C=O) groups excluding carboxylic acids is 1. The Labute approximate surface area is 206 Å². The highest BCUT2D eigenvalue weighted by molar-refractivity contribution is 5.85. The molecule has 5 rings (SSSR count). The molecule has 5 aliphatic rings. The molecule has 0 heterocycles. The van der Waals surface area contributed by atoms with Gasteiger partial charge in [0.05, 0.1) is 11.0 Å². The molecule has 0 saturated heterocycles. The Morgan fingerprint density at radius 1 is 0.941 bits per heavy atom. The van der Waals surface area contributed by atoms with Crippen LogP contribution in [0.4, 0.5) is 0 Å². The molecule has 0 unspecified atom stereocenters. The smallest absolute Gasteiger partial charge is 0.310 e. The van der Waals surface area contributed by atoms with E-state index in [1.54, 1.807) is 0 Å². The number of aliphatic carboxylic acids is 1. The van der Waals surface area contributed by atoms with Gasteiger partial charge in [-0.25, -0.2) is 0 Å². The van der Waals surface area contributed by atoms with Crippen LogP contribution in [0, 0.1) is 50.7 Å². The Morgan fingerprint density at radius 3 is 2.26 bits per heavy atom. The number of aliphatic hydroxyl groups is 1. The van der Waals surface area contributed by atoms with Crippen molar-refractivity contribution >= 4 is 11.8 Å². The summed E-state index contributed by atoms with van der Waals surface area (Å²) >= 11 is 0. The quantitative estimate of drug-likeness (QED) is 0.434. The lowest BCUT2D eigenvalue weighted by Gasteiger charge is -2.71. The van der Waals surface area contributed by atoms with Gasteiger partial charge in [-0.2, -0.15) is 0 Å². The van der Waals surface area contributed by atoms with E-state index in [2.05, 4.69) is 47.6 Å². The molecule has 0 bridgehead atoms. The minimum atomic E-state index is -1.02. The van der Waals surface area contributed by atoms with Gasteiger partial charge in [-0.3, -0.25) is 9.59 Å². The zero-order valence-corrected chi connectivity index (χ0v) is 22.5. The van der Waals surface area contributed by atoms with Gasteiger partial charge in [0.2, 0.25) is 0 Å². The van der Waals surface area contributed by atoms with Gasteiger partial charge in [-0.15, -0.1) is 0 Å². The van der Waals surface area contributed by atoms with Gasteiger partial charge in [0, 0.05) is 17.8 Å². The summed E-state index contributed by atoms with van der Waals surface area (Å²) in [4.78, 5) is 25.7. The molecule has 0 aromatic rings. The molecule has 0 aliphatic heterocycles. The fourth-order valence-corrected chi connectivity index (χ4v) is 10.7. The lowest BCUT2D eigenvalue weighted by Crippen LogP contribution is -2.67. The summed E-state index contributed by atoms with van der Waals surface area (Å²) in [5.74, 6) is 0.335. The number of rotatable bonds is 1. The number of hydrogen-bond acceptors (Lipinski definition) is 3. The van der Waals surface area contributed by atoms with Gasteiger partial charge in [-0.1, -0.05) is 53.2 Å². The van der Waals surface area contributed by atoms with Crippen LogP contribution in [0.5, 0.6) is 0 Å². The second-order valence-electron chi connectivity index (χ2n) is 14.5. The van der Waals surface area contributed by atoms with E-state index >= 15 is 0 Å². The third-order valence-corrected chi connectivity index (χ3v) is 13.2. The van der Waals surface area contributed by atoms with Crippen molar-refractivity contribution in [1.82, 2.24) is 0 Å². The Kier molecular flexibility index (Phi) is 5.04. The highest BCUT2D eigenvalue weighted by Gasteiger charge is 2.71. The number of carbonyl (C=O) groups is 2. The lowest BCUT2D eigenvalue weighted by atomic mass is 9.33. The average molecular weight is 471 g/mol. The summed E-state index contributed by atoms with van der Waals surface area (Å²) < 4.78 is 0. The maximum absolute atomic E-state index is 12.9. The molecule has 4 nitrogen and oxygen atoms in total. The first-order valence-electron chi connectivity index (χ1n) is 13.8. The third-order valence-electron chi connectivity index (χ3n) is 13.2. The molecule has 4 fully saturated rings. The first-order valence-corrected chi connectivity index (χ1v) is 13.8. The van der Waals surface area contributed by atoms with Crippen molar-refractivity contribution in [3.8, 4) is 0 Å². The molecule has 0 spiro atoms. The molecule has 0 aromatic heterocycles. The van der Waals surface area contributed by atoms with E-state index in [9.17, 15) is 19.8 Å². The Hall–Kier alpha value is -1.16. The zero-order chi connectivity index (χ0) is 25.1. The van der Waals surface area contributed by atoms with Crippen LogP contribution in [0.2, 0.25) is 0 Å². The predicted octanol–water partition coefficient (Wildman–Crippen LogP) is 6.41. The van der Waals surface area contributed by atoms with E-state index in [4.69, 9.17) is 0 Å². The van der Waals surface area contributed by atoms with Crippen LogP contribution < -0.4 is 0 Å². The summed E-state index contributed by atoms with van der Waals surface area (Å²) in [7, 11) is 0. The fourth-order valence-electron chi connectivity index (χ4n) is 10.7. The van der Waals surface area contributed by atoms with Crippen LogP contribution in [0.3, 0.4) is 0 Å². The minimum absolute atomic E-state index is 0.0419. The highest BCUT2D eigenvalue weighted by Crippen LogP contribution is 2.75. The number of allylic oxidation sites excluding steroid dienone is 1. The number of carboxylic acid groups (broad SMARTS) is 1. The summed E-state index contributed by atoms with van der Waals surface area (Å²) in [5, 5.41) is 22.4. The molecule has 2 N–H and O–H groups in total. The van der Waals surface area contributed by atoms with Crippen molar-refractivity contribution in [3.05, 3.63) is 11.6 Å². The number of fused-ring (bicyclic) bond motifs is 7. The Morgan fingerprint density at radius 2 is 1.62 bits per heavy atom. The summed E-state index contributed by atoms with van der Waals surface area (Å²) in [5.41, 5.74) is -0.880. The van der Waals surface area contributed by atoms with Gasteiger partial charge in [-0.05, 0) is 92.3 Å². The van der Waals surface area contributed by atoms with Crippen molar-refractivity contribution in [2.24, 2.45) is 50.7 Å². The van der Waals surface area contributed by atoms with Crippen molar-refractivity contribution in [2.75, 3.05) is 0 Å². The van der Waals surface area contributed by atoms with Gasteiger partial charge < -0.3 is 10.2 Å². The summed E-state index contributed by atoms with van der Waals surface area (Å²) in [6.07, 6.45) is 10.1. The van der Waals surface area contributed by atoms with Crippen molar-refractivity contribution in [3.63, 3.8) is 0 Å². The normalized spacial score (nSPS) is 54.1. The average Bonchev–Trinajstić information content (AvgIpc) is 2.74. The molecular weight excluding hydrogens is 424 g/mol. The standard InChI is InChI=1S/C30H46O4/c1-18-10-15-30(24(32)33)17-16-27(5)19(23(30)29(18,7)34)8-9-21-26(4)13-12-22(31)25(2,3)20(26)11-14-28(21,27)6/h8,18,20-21,23,34H,9-17H2,1-7H3,(H,32,33)/t18-,20+,21-,23-,26+,27-,28-,29-,30+/m1/s1.